The largest absolute Gasteiger partial charge is 0.481 e. The Morgan fingerprint density at radius 1 is 0.957 bits per heavy atom. The van der Waals surface area contributed by atoms with Crippen LogP contribution < -0.4 is 0 Å². The lowest BCUT2D eigenvalue weighted by Gasteiger charge is -2.48. The van der Waals surface area contributed by atoms with E-state index in [1.807, 2.05) is 0 Å². The molecule has 5 heteroatoms. The third kappa shape index (κ3) is 3.60. The number of carbonyl (C=O) groups excluding carboxylic acids is 2. The Balaban J connectivity index is 2.46. The van der Waals surface area contributed by atoms with Crippen LogP contribution in [0.3, 0.4) is 0 Å². The second-order valence-corrected chi connectivity index (χ2v) is 10.8. The van der Waals surface area contributed by atoms with Gasteiger partial charge < -0.3 is 8.85 Å². The van der Waals surface area contributed by atoms with E-state index in [0.717, 1.165) is 51.4 Å². The van der Waals surface area contributed by atoms with Gasteiger partial charge in [-0.2, -0.15) is 0 Å². The molecule has 0 radical (unpaired) electrons. The summed E-state index contributed by atoms with van der Waals surface area (Å²) in [6.45, 7) is 9.21. The average molecular weight is 337 g/mol. The van der Waals surface area contributed by atoms with Crippen molar-refractivity contribution in [3.8, 4) is 0 Å². The van der Waals surface area contributed by atoms with E-state index >= 15 is 0 Å². The summed E-state index contributed by atoms with van der Waals surface area (Å²) in [5.41, 5.74) is 0.179. The third-order valence-electron chi connectivity index (χ3n) is 5.53. The summed E-state index contributed by atoms with van der Waals surface area (Å²) in [5.74, 6) is -0.931. The van der Waals surface area contributed by atoms with Gasteiger partial charge in [0, 0.05) is 22.7 Å². The van der Waals surface area contributed by atoms with Crippen molar-refractivity contribution in [2.24, 2.45) is 0 Å². The van der Waals surface area contributed by atoms with Crippen molar-refractivity contribution < 1.29 is 18.4 Å². The molecule has 0 amide bonds. The predicted octanol–water partition coefficient (Wildman–Crippen LogP) is 4.56. The highest BCUT2D eigenvalue weighted by atomic mass is 28.4. The summed E-state index contributed by atoms with van der Waals surface area (Å²) >= 11 is 0. The normalized spacial score (nSPS) is 21.4. The maximum atomic E-state index is 12.1. The highest BCUT2D eigenvalue weighted by Gasteiger charge is 2.64. The number of rotatable bonds is 6. The molecule has 4 nitrogen and oxygen atoms in total. The van der Waals surface area contributed by atoms with Crippen LogP contribution in [0, 0.1) is 0 Å². The van der Waals surface area contributed by atoms with E-state index in [9.17, 15) is 9.59 Å². The monoisotopic (exact) mass is 336 g/mol. The SMILES string of the molecule is C=CC(=O)O[Si](OC(=O)C=C)(C1CCCC1)C1(C)CCCCC1. The molecule has 0 saturated heterocycles. The lowest BCUT2D eigenvalue weighted by Crippen LogP contribution is -2.58. The van der Waals surface area contributed by atoms with Crippen molar-refractivity contribution in [2.45, 2.75) is 75.3 Å². The molecule has 2 aliphatic carbocycles. The first-order chi connectivity index (χ1) is 11.0. The quantitative estimate of drug-likeness (QED) is 0.527. The highest BCUT2D eigenvalue weighted by molar-refractivity contribution is 6.75. The highest BCUT2D eigenvalue weighted by Crippen LogP contribution is 2.58. The van der Waals surface area contributed by atoms with Crippen LogP contribution in [-0.4, -0.2) is 20.5 Å². The Labute approximate surface area is 140 Å². The lowest BCUT2D eigenvalue weighted by molar-refractivity contribution is -0.137. The summed E-state index contributed by atoms with van der Waals surface area (Å²) in [6, 6.07) is 0. The molecule has 0 aliphatic heterocycles. The van der Waals surface area contributed by atoms with Gasteiger partial charge in [0.25, 0.3) is 0 Å². The van der Waals surface area contributed by atoms with Crippen molar-refractivity contribution in [2.75, 3.05) is 0 Å². The molecule has 0 spiro atoms. The molecule has 23 heavy (non-hydrogen) atoms. The van der Waals surface area contributed by atoms with Gasteiger partial charge in [0.15, 0.2) is 0 Å². The minimum atomic E-state index is -3.10. The van der Waals surface area contributed by atoms with Crippen molar-refractivity contribution in [1.29, 1.82) is 0 Å². The standard InChI is InChI=1S/C18H28O4Si/c1-4-16(19)21-23(22-17(20)5-2,15-11-7-8-12-15)18(3)13-9-6-10-14-18/h4-5,15H,1-2,6-14H2,3H3. The third-order valence-corrected chi connectivity index (χ3v) is 10.4. The molecule has 0 atom stereocenters. The molecule has 0 aromatic rings. The molecule has 2 rings (SSSR count). The number of hydrogen-bond donors (Lipinski definition) is 0. The first kappa shape index (κ1) is 18.0. The molecule has 0 aromatic heterocycles. The van der Waals surface area contributed by atoms with E-state index in [-0.39, 0.29) is 10.6 Å². The summed E-state index contributed by atoms with van der Waals surface area (Å²) in [4.78, 5) is 24.2. The predicted molar refractivity (Wildman–Crippen MR) is 92.0 cm³/mol. The molecule has 2 saturated carbocycles. The number of carbonyl (C=O) groups is 2. The van der Waals surface area contributed by atoms with E-state index in [1.165, 1.54) is 18.6 Å². The van der Waals surface area contributed by atoms with E-state index in [1.54, 1.807) is 0 Å². The van der Waals surface area contributed by atoms with Crippen molar-refractivity contribution in [1.82, 2.24) is 0 Å². The first-order valence-corrected chi connectivity index (χ1v) is 10.6. The van der Waals surface area contributed by atoms with Crippen LogP contribution in [0.25, 0.3) is 0 Å². The van der Waals surface area contributed by atoms with E-state index in [2.05, 4.69) is 20.1 Å². The zero-order valence-corrected chi connectivity index (χ0v) is 15.1. The zero-order chi connectivity index (χ0) is 16.9. The smallest absolute Gasteiger partial charge is 0.474 e. The maximum Gasteiger partial charge on any atom is 0.474 e. The van der Waals surface area contributed by atoms with Gasteiger partial charge in [0.2, 0.25) is 0 Å². The van der Waals surface area contributed by atoms with Crippen LogP contribution in [0.1, 0.15) is 64.7 Å². The first-order valence-electron chi connectivity index (χ1n) is 8.68. The molecule has 0 unspecified atom stereocenters. The van der Waals surface area contributed by atoms with E-state index in [4.69, 9.17) is 8.85 Å². The minimum Gasteiger partial charge on any atom is -0.481 e. The van der Waals surface area contributed by atoms with Crippen LogP contribution in [0.4, 0.5) is 0 Å². The topological polar surface area (TPSA) is 52.6 Å². The zero-order valence-electron chi connectivity index (χ0n) is 14.1. The van der Waals surface area contributed by atoms with Crippen LogP contribution in [0.15, 0.2) is 25.3 Å². The Kier molecular flexibility index (Phi) is 5.84. The Morgan fingerprint density at radius 3 is 1.87 bits per heavy atom. The van der Waals surface area contributed by atoms with Gasteiger partial charge in [-0.1, -0.05) is 52.2 Å². The fourth-order valence-corrected chi connectivity index (χ4v) is 9.13. The molecule has 0 aromatic carbocycles. The van der Waals surface area contributed by atoms with Crippen LogP contribution in [0.2, 0.25) is 10.6 Å². The van der Waals surface area contributed by atoms with Crippen molar-refractivity contribution >= 4 is 20.5 Å². The second kappa shape index (κ2) is 7.47. The Bertz CT molecular complexity index is 451. The molecule has 128 valence electrons. The summed E-state index contributed by atoms with van der Waals surface area (Å²) < 4.78 is 12.0. The molecular formula is C18H28O4Si. The number of hydrogen-bond acceptors (Lipinski definition) is 4. The van der Waals surface area contributed by atoms with Gasteiger partial charge in [-0.25, -0.2) is 9.59 Å². The summed E-state index contributed by atoms with van der Waals surface area (Å²) in [6.07, 6.45) is 11.8. The van der Waals surface area contributed by atoms with Gasteiger partial charge in [-0.05, 0) is 25.7 Å². The Hall–Kier alpha value is -1.36. The minimum absolute atomic E-state index is 0.179. The van der Waals surface area contributed by atoms with Crippen molar-refractivity contribution in [3.05, 3.63) is 25.3 Å². The van der Waals surface area contributed by atoms with Crippen LogP contribution >= 0.6 is 0 Å². The maximum absolute atomic E-state index is 12.1. The molecular weight excluding hydrogens is 308 g/mol. The molecule has 2 fully saturated rings. The lowest BCUT2D eigenvalue weighted by atomic mass is 9.90. The van der Waals surface area contributed by atoms with Gasteiger partial charge >= 0.3 is 20.5 Å². The average Bonchev–Trinajstić information content (AvgIpc) is 3.09. The molecule has 2 aliphatic rings. The second-order valence-electron chi connectivity index (χ2n) is 7.02. The fraction of sp³-hybridized carbons (Fsp3) is 0.667. The van der Waals surface area contributed by atoms with Gasteiger partial charge in [-0.3, -0.25) is 0 Å². The van der Waals surface area contributed by atoms with Crippen LogP contribution in [-0.2, 0) is 18.4 Å². The summed E-state index contributed by atoms with van der Waals surface area (Å²) in [5, 5.41) is -0.225. The summed E-state index contributed by atoms with van der Waals surface area (Å²) in [7, 11) is -3.10. The van der Waals surface area contributed by atoms with E-state index < -0.39 is 20.5 Å². The van der Waals surface area contributed by atoms with Gasteiger partial charge in [0.1, 0.15) is 0 Å². The molecule has 0 N–H and O–H groups in total. The van der Waals surface area contributed by atoms with Crippen molar-refractivity contribution in [3.63, 3.8) is 0 Å². The Morgan fingerprint density at radius 2 is 1.43 bits per heavy atom. The van der Waals surface area contributed by atoms with Gasteiger partial charge in [-0.15, -0.1) is 0 Å². The van der Waals surface area contributed by atoms with Crippen LogP contribution in [0.5, 0.6) is 0 Å². The molecule has 0 heterocycles. The fourth-order valence-electron chi connectivity index (χ4n) is 4.30. The van der Waals surface area contributed by atoms with E-state index in [0.29, 0.717) is 0 Å². The molecule has 0 bridgehead atoms. The van der Waals surface area contributed by atoms with Gasteiger partial charge in [0.05, 0.1) is 0 Å².